The number of hydrazine groups is 1. The Labute approximate surface area is 132 Å². The summed E-state index contributed by atoms with van der Waals surface area (Å²) >= 11 is 8.46. The van der Waals surface area contributed by atoms with Crippen LogP contribution in [0.4, 0.5) is 4.39 Å². The molecular formula is C13H13Br2FN2S. The van der Waals surface area contributed by atoms with Gasteiger partial charge < -0.3 is 0 Å². The number of hydrogen-bond acceptors (Lipinski definition) is 3. The Bertz CT molecular complexity index is 590. The smallest absolute Gasteiger partial charge is 0.128 e. The number of hydrogen-bond donors (Lipinski definition) is 2. The van der Waals surface area contributed by atoms with E-state index in [4.69, 9.17) is 5.84 Å². The summed E-state index contributed by atoms with van der Waals surface area (Å²) in [6.07, 6.45) is 0. The standard InChI is InChI=1S/C13H13Br2FN2S/c1-6-3-7(2)11(9(16)4-6)12(18-17)8-5-10(14)19-13(8)15/h3-5,12,18H,17H2,1-2H3. The van der Waals surface area contributed by atoms with E-state index < -0.39 is 0 Å². The van der Waals surface area contributed by atoms with Crippen LogP contribution >= 0.6 is 43.2 Å². The maximum atomic E-state index is 14.3. The molecule has 2 aromatic rings. The zero-order chi connectivity index (χ0) is 14.2. The highest BCUT2D eigenvalue weighted by Gasteiger charge is 2.23. The zero-order valence-corrected chi connectivity index (χ0v) is 14.4. The highest BCUT2D eigenvalue weighted by Crippen LogP contribution is 2.39. The van der Waals surface area contributed by atoms with Gasteiger partial charge in [-0.3, -0.25) is 5.84 Å². The van der Waals surface area contributed by atoms with Crippen molar-refractivity contribution < 1.29 is 4.39 Å². The van der Waals surface area contributed by atoms with E-state index in [2.05, 4.69) is 37.3 Å². The zero-order valence-electron chi connectivity index (χ0n) is 10.4. The fourth-order valence-electron chi connectivity index (χ4n) is 2.17. The molecule has 0 fully saturated rings. The Balaban J connectivity index is 2.57. The lowest BCUT2D eigenvalue weighted by Gasteiger charge is -2.19. The number of thiophene rings is 1. The topological polar surface area (TPSA) is 38.0 Å². The minimum atomic E-state index is -0.377. The predicted molar refractivity (Wildman–Crippen MR) is 84.8 cm³/mol. The van der Waals surface area contributed by atoms with Gasteiger partial charge in [-0.15, -0.1) is 11.3 Å². The number of nitrogens with one attached hydrogen (secondary N) is 1. The Kier molecular flexibility index (Phi) is 4.79. The van der Waals surface area contributed by atoms with Crippen LogP contribution in [0.15, 0.2) is 25.8 Å². The largest absolute Gasteiger partial charge is 0.271 e. The van der Waals surface area contributed by atoms with E-state index in [1.54, 1.807) is 0 Å². The molecule has 0 saturated heterocycles. The summed E-state index contributed by atoms with van der Waals surface area (Å²) in [5.41, 5.74) is 6.00. The molecule has 0 aliphatic carbocycles. The van der Waals surface area contributed by atoms with Crippen LogP contribution < -0.4 is 11.3 Å². The molecule has 19 heavy (non-hydrogen) atoms. The lowest BCUT2D eigenvalue weighted by molar-refractivity contribution is 0.556. The van der Waals surface area contributed by atoms with Crippen molar-refractivity contribution in [3.8, 4) is 0 Å². The first-order valence-electron chi connectivity index (χ1n) is 5.61. The predicted octanol–water partition coefficient (Wildman–Crippen LogP) is 4.58. The van der Waals surface area contributed by atoms with Crippen molar-refractivity contribution in [2.75, 3.05) is 0 Å². The van der Waals surface area contributed by atoms with E-state index in [1.807, 2.05) is 26.0 Å². The van der Waals surface area contributed by atoms with Crippen LogP contribution in [0.25, 0.3) is 0 Å². The van der Waals surface area contributed by atoms with Gasteiger partial charge in [-0.05, 0) is 69.0 Å². The average Bonchev–Trinajstić information content (AvgIpc) is 2.62. The first-order chi connectivity index (χ1) is 8.93. The van der Waals surface area contributed by atoms with Crippen molar-refractivity contribution in [1.82, 2.24) is 5.43 Å². The van der Waals surface area contributed by atoms with Gasteiger partial charge in [0, 0.05) is 11.1 Å². The van der Waals surface area contributed by atoms with E-state index in [0.717, 1.165) is 24.3 Å². The molecule has 6 heteroatoms. The minimum Gasteiger partial charge on any atom is -0.271 e. The monoisotopic (exact) mass is 406 g/mol. The number of rotatable bonds is 3. The number of benzene rings is 1. The minimum absolute atomic E-state index is 0.241. The molecule has 1 heterocycles. The molecule has 0 amide bonds. The summed E-state index contributed by atoms with van der Waals surface area (Å²) in [5, 5.41) is 0. The Morgan fingerprint density at radius 1 is 1.26 bits per heavy atom. The van der Waals surface area contributed by atoms with Gasteiger partial charge >= 0.3 is 0 Å². The molecule has 2 rings (SSSR count). The van der Waals surface area contributed by atoms with Crippen LogP contribution in [0, 0.1) is 19.7 Å². The van der Waals surface area contributed by atoms with Gasteiger partial charge in [0.15, 0.2) is 0 Å². The maximum absolute atomic E-state index is 14.3. The second kappa shape index (κ2) is 6.01. The van der Waals surface area contributed by atoms with Crippen molar-refractivity contribution in [2.45, 2.75) is 19.9 Å². The summed E-state index contributed by atoms with van der Waals surface area (Å²) in [5.74, 6) is 5.40. The highest BCUT2D eigenvalue weighted by atomic mass is 79.9. The normalized spacial score (nSPS) is 12.7. The van der Waals surface area contributed by atoms with Gasteiger partial charge in [0.1, 0.15) is 5.82 Å². The lowest BCUT2D eigenvalue weighted by atomic mass is 9.95. The molecule has 0 saturated carbocycles. The van der Waals surface area contributed by atoms with Crippen molar-refractivity contribution >= 4 is 43.2 Å². The molecular weight excluding hydrogens is 395 g/mol. The second-order valence-electron chi connectivity index (χ2n) is 4.36. The molecule has 1 aromatic carbocycles. The molecule has 0 bridgehead atoms. The van der Waals surface area contributed by atoms with E-state index in [0.29, 0.717) is 5.56 Å². The molecule has 2 nitrogen and oxygen atoms in total. The van der Waals surface area contributed by atoms with Gasteiger partial charge in [-0.25, -0.2) is 9.82 Å². The van der Waals surface area contributed by atoms with E-state index >= 15 is 0 Å². The van der Waals surface area contributed by atoms with Crippen LogP contribution in [-0.2, 0) is 0 Å². The third kappa shape index (κ3) is 3.08. The van der Waals surface area contributed by atoms with Crippen LogP contribution in [0.3, 0.4) is 0 Å². The average molecular weight is 408 g/mol. The first-order valence-corrected chi connectivity index (χ1v) is 8.01. The second-order valence-corrected chi connectivity index (χ2v) is 8.11. The van der Waals surface area contributed by atoms with Gasteiger partial charge in [0.25, 0.3) is 0 Å². The molecule has 0 spiro atoms. The molecule has 3 N–H and O–H groups in total. The summed E-state index contributed by atoms with van der Waals surface area (Å²) in [6.45, 7) is 3.77. The van der Waals surface area contributed by atoms with Crippen molar-refractivity contribution in [3.63, 3.8) is 0 Å². The van der Waals surface area contributed by atoms with Gasteiger partial charge in [-0.1, -0.05) is 6.07 Å². The summed E-state index contributed by atoms with van der Waals surface area (Å²) < 4.78 is 16.2. The fourth-order valence-corrected chi connectivity index (χ4v) is 5.07. The molecule has 1 aromatic heterocycles. The number of nitrogens with two attached hydrogens (primary N) is 1. The van der Waals surface area contributed by atoms with E-state index in [-0.39, 0.29) is 11.9 Å². The lowest BCUT2D eigenvalue weighted by Crippen LogP contribution is -2.30. The van der Waals surface area contributed by atoms with Crippen molar-refractivity contribution in [3.05, 3.63) is 53.8 Å². The molecule has 0 radical (unpaired) electrons. The van der Waals surface area contributed by atoms with Crippen LogP contribution in [0.1, 0.15) is 28.3 Å². The first kappa shape index (κ1) is 15.1. The number of aryl methyl sites for hydroxylation is 2. The molecule has 0 aliphatic rings. The van der Waals surface area contributed by atoms with Crippen molar-refractivity contribution in [1.29, 1.82) is 0 Å². The van der Waals surface area contributed by atoms with Gasteiger partial charge in [0.05, 0.1) is 13.6 Å². The van der Waals surface area contributed by atoms with E-state index in [1.165, 1.54) is 17.4 Å². The highest BCUT2D eigenvalue weighted by molar-refractivity contribution is 9.12. The molecule has 102 valence electrons. The fraction of sp³-hybridized carbons (Fsp3) is 0.231. The van der Waals surface area contributed by atoms with E-state index in [9.17, 15) is 4.39 Å². The third-order valence-corrected chi connectivity index (χ3v) is 5.32. The summed E-state index contributed by atoms with van der Waals surface area (Å²) in [7, 11) is 0. The SMILES string of the molecule is Cc1cc(C)c(C(NN)c2cc(Br)sc2Br)c(F)c1. The quantitative estimate of drug-likeness (QED) is 0.577. The van der Waals surface area contributed by atoms with Crippen molar-refractivity contribution in [2.24, 2.45) is 5.84 Å². The van der Waals surface area contributed by atoms with Crippen LogP contribution in [0.2, 0.25) is 0 Å². The summed E-state index contributed by atoms with van der Waals surface area (Å²) in [6, 6.07) is 5.05. The van der Waals surface area contributed by atoms with Crippen LogP contribution in [-0.4, -0.2) is 0 Å². The molecule has 1 atom stereocenters. The summed E-state index contributed by atoms with van der Waals surface area (Å²) in [4.78, 5) is 0. The van der Waals surface area contributed by atoms with Crippen LogP contribution in [0.5, 0.6) is 0 Å². The Hall–Kier alpha value is -0.270. The van der Waals surface area contributed by atoms with Gasteiger partial charge in [-0.2, -0.15) is 0 Å². The third-order valence-electron chi connectivity index (χ3n) is 2.93. The maximum Gasteiger partial charge on any atom is 0.128 e. The molecule has 0 aliphatic heterocycles. The van der Waals surface area contributed by atoms with Gasteiger partial charge in [0.2, 0.25) is 0 Å². The number of halogens is 3. The Morgan fingerprint density at radius 3 is 2.42 bits per heavy atom. The Morgan fingerprint density at radius 2 is 1.95 bits per heavy atom. The molecule has 1 unspecified atom stereocenters.